The van der Waals surface area contributed by atoms with Crippen molar-refractivity contribution in [1.29, 1.82) is 0 Å². The first kappa shape index (κ1) is 14.0. The first-order valence-corrected chi connectivity index (χ1v) is 6.55. The molecule has 2 rings (SSSR count). The molecule has 1 aliphatic rings. The second-order valence-corrected chi connectivity index (χ2v) is 6.01. The van der Waals surface area contributed by atoms with Gasteiger partial charge in [-0.25, -0.2) is 4.84 Å². The highest BCUT2D eigenvalue weighted by molar-refractivity contribution is 6.21. The van der Waals surface area contributed by atoms with Crippen LogP contribution in [-0.4, -0.2) is 29.3 Å². The van der Waals surface area contributed by atoms with Gasteiger partial charge in [-0.1, -0.05) is 32.9 Å². The van der Waals surface area contributed by atoms with E-state index >= 15 is 0 Å². The molecule has 1 aliphatic heterocycles. The van der Waals surface area contributed by atoms with E-state index in [4.69, 9.17) is 11.8 Å². The molecule has 0 aromatic heterocycles. The van der Waals surface area contributed by atoms with E-state index in [1.807, 2.05) is 20.8 Å². The molecule has 0 aliphatic carbocycles. The molecule has 0 saturated heterocycles. The zero-order chi connectivity index (χ0) is 14.2. The van der Waals surface area contributed by atoms with Crippen molar-refractivity contribution in [1.82, 2.24) is 9.74 Å². The highest BCUT2D eigenvalue weighted by Crippen LogP contribution is 2.26. The lowest BCUT2D eigenvalue weighted by Crippen LogP contribution is -2.47. The van der Waals surface area contributed by atoms with Crippen LogP contribution in [0.5, 0.6) is 0 Å². The van der Waals surface area contributed by atoms with Crippen LogP contribution in [0.1, 0.15) is 41.5 Å². The Morgan fingerprint density at radius 3 is 2.00 bits per heavy atom. The Bertz CT molecular complexity index is 487. The highest BCUT2D eigenvalue weighted by Gasteiger charge is 2.38. The summed E-state index contributed by atoms with van der Waals surface area (Å²) in [5, 5.41) is 0. The number of hydrogen-bond acceptors (Lipinski definition) is 3. The standard InChI is InChI=1S/C14H17ClN2O2/c1-14(2,3)11(16-15)8-17-12(18)9-6-4-5-7-10(9)13(17)19/h4-7,11,16H,8H2,1-3H3/t11-/m1/s1. The number of rotatable bonds is 3. The Labute approximate surface area is 117 Å². The average Bonchev–Trinajstić information content (AvgIpc) is 2.59. The van der Waals surface area contributed by atoms with Gasteiger partial charge < -0.3 is 0 Å². The summed E-state index contributed by atoms with van der Waals surface area (Å²) in [5.74, 6) is -0.497. The molecule has 1 atom stereocenters. The summed E-state index contributed by atoms with van der Waals surface area (Å²) in [6.45, 7) is 6.28. The van der Waals surface area contributed by atoms with Crippen LogP contribution in [-0.2, 0) is 0 Å². The van der Waals surface area contributed by atoms with Gasteiger partial charge in [0.1, 0.15) is 0 Å². The minimum Gasteiger partial charge on any atom is -0.273 e. The lowest BCUT2D eigenvalue weighted by Gasteiger charge is -2.31. The molecule has 1 aromatic carbocycles. The molecule has 4 nitrogen and oxygen atoms in total. The van der Waals surface area contributed by atoms with Crippen molar-refractivity contribution in [2.75, 3.05) is 6.54 Å². The Balaban J connectivity index is 2.25. The van der Waals surface area contributed by atoms with Gasteiger partial charge in [-0.05, 0) is 29.3 Å². The van der Waals surface area contributed by atoms with Crippen LogP contribution in [0.3, 0.4) is 0 Å². The first-order chi connectivity index (χ1) is 8.86. The number of imide groups is 1. The second kappa shape index (κ2) is 4.94. The van der Waals surface area contributed by atoms with Gasteiger partial charge in [-0.15, -0.1) is 0 Å². The summed E-state index contributed by atoms with van der Waals surface area (Å²) < 4.78 is 0. The number of benzene rings is 1. The van der Waals surface area contributed by atoms with E-state index in [0.717, 1.165) is 0 Å². The van der Waals surface area contributed by atoms with Crippen molar-refractivity contribution < 1.29 is 9.59 Å². The summed E-state index contributed by atoms with van der Waals surface area (Å²) >= 11 is 5.74. The topological polar surface area (TPSA) is 49.4 Å². The molecule has 0 unspecified atom stereocenters. The third-order valence-electron chi connectivity index (χ3n) is 3.42. The molecule has 1 heterocycles. The van der Waals surface area contributed by atoms with Crippen LogP contribution in [0.4, 0.5) is 0 Å². The third kappa shape index (κ3) is 2.51. The normalized spacial score (nSPS) is 16.7. The maximum Gasteiger partial charge on any atom is 0.261 e. The van der Waals surface area contributed by atoms with Gasteiger partial charge in [0, 0.05) is 12.6 Å². The number of hydrogen-bond donors (Lipinski definition) is 1. The largest absolute Gasteiger partial charge is 0.273 e. The number of halogens is 1. The quantitative estimate of drug-likeness (QED) is 0.683. The van der Waals surface area contributed by atoms with Crippen molar-refractivity contribution in [3.8, 4) is 0 Å². The Hall–Kier alpha value is -1.39. The molecule has 0 fully saturated rings. The fourth-order valence-electron chi connectivity index (χ4n) is 2.06. The summed E-state index contributed by atoms with van der Waals surface area (Å²) in [6, 6.07) is 6.70. The van der Waals surface area contributed by atoms with E-state index in [1.54, 1.807) is 24.3 Å². The monoisotopic (exact) mass is 280 g/mol. The third-order valence-corrected chi connectivity index (χ3v) is 3.68. The molecule has 2 amide bonds. The fraction of sp³-hybridized carbons (Fsp3) is 0.429. The summed E-state index contributed by atoms with van der Waals surface area (Å²) in [4.78, 5) is 28.4. The van der Waals surface area contributed by atoms with E-state index in [2.05, 4.69) is 4.84 Å². The van der Waals surface area contributed by atoms with Crippen LogP contribution >= 0.6 is 11.8 Å². The maximum absolute atomic E-state index is 12.2. The second-order valence-electron chi connectivity index (χ2n) is 5.79. The van der Waals surface area contributed by atoms with Crippen molar-refractivity contribution in [2.45, 2.75) is 26.8 Å². The van der Waals surface area contributed by atoms with Crippen molar-refractivity contribution >= 4 is 23.6 Å². The Kier molecular flexibility index (Phi) is 3.65. The van der Waals surface area contributed by atoms with E-state index in [0.29, 0.717) is 11.1 Å². The molecule has 1 aromatic rings. The van der Waals surface area contributed by atoms with Crippen LogP contribution in [0.2, 0.25) is 0 Å². The lowest BCUT2D eigenvalue weighted by atomic mass is 9.87. The number of nitrogens with one attached hydrogen (secondary N) is 1. The smallest absolute Gasteiger partial charge is 0.261 e. The van der Waals surface area contributed by atoms with Crippen molar-refractivity contribution in [3.63, 3.8) is 0 Å². The van der Waals surface area contributed by atoms with Gasteiger partial charge in [0.15, 0.2) is 0 Å². The van der Waals surface area contributed by atoms with E-state index in [-0.39, 0.29) is 29.8 Å². The summed E-state index contributed by atoms with van der Waals surface area (Å²) in [5.41, 5.74) is 0.779. The molecule has 0 saturated carbocycles. The number of carbonyl (C=O) groups is 2. The number of fused-ring (bicyclic) bond motifs is 1. The maximum atomic E-state index is 12.2. The predicted molar refractivity (Wildman–Crippen MR) is 74.0 cm³/mol. The minimum atomic E-state index is -0.248. The molecular formula is C14H17ClN2O2. The average molecular weight is 281 g/mol. The summed E-state index contributed by atoms with van der Waals surface area (Å²) in [6.07, 6.45) is 0. The van der Waals surface area contributed by atoms with Gasteiger partial charge in [0.2, 0.25) is 0 Å². The van der Waals surface area contributed by atoms with Gasteiger partial charge in [-0.3, -0.25) is 14.5 Å². The Morgan fingerprint density at radius 2 is 1.63 bits per heavy atom. The van der Waals surface area contributed by atoms with Gasteiger partial charge >= 0.3 is 0 Å². The van der Waals surface area contributed by atoms with Crippen LogP contribution < -0.4 is 4.84 Å². The number of carbonyl (C=O) groups excluding carboxylic acids is 2. The fourth-order valence-corrected chi connectivity index (χ4v) is 2.46. The highest BCUT2D eigenvalue weighted by atomic mass is 35.5. The number of nitrogens with zero attached hydrogens (tertiary/aromatic N) is 1. The van der Waals surface area contributed by atoms with Crippen LogP contribution in [0.25, 0.3) is 0 Å². The van der Waals surface area contributed by atoms with E-state index in [1.165, 1.54) is 4.90 Å². The van der Waals surface area contributed by atoms with E-state index in [9.17, 15) is 9.59 Å². The van der Waals surface area contributed by atoms with Crippen molar-refractivity contribution in [2.24, 2.45) is 5.41 Å². The molecule has 102 valence electrons. The minimum absolute atomic E-state index is 0.156. The first-order valence-electron chi connectivity index (χ1n) is 6.17. The molecule has 0 bridgehead atoms. The van der Waals surface area contributed by atoms with Gasteiger partial charge in [-0.2, -0.15) is 0 Å². The SMILES string of the molecule is CC(C)(C)[C@@H](CN1C(=O)c2ccccc2C1=O)NCl. The number of amides is 2. The molecule has 1 N–H and O–H groups in total. The predicted octanol–water partition coefficient (Wildman–Crippen LogP) is 2.44. The molecule has 5 heteroatoms. The zero-order valence-electron chi connectivity index (χ0n) is 11.2. The summed E-state index contributed by atoms with van der Waals surface area (Å²) in [7, 11) is 0. The van der Waals surface area contributed by atoms with Gasteiger partial charge in [0.25, 0.3) is 11.8 Å². The van der Waals surface area contributed by atoms with Crippen molar-refractivity contribution in [3.05, 3.63) is 35.4 Å². The zero-order valence-corrected chi connectivity index (χ0v) is 12.0. The molecule has 19 heavy (non-hydrogen) atoms. The lowest BCUT2D eigenvalue weighted by molar-refractivity contribution is 0.0618. The molecule has 0 spiro atoms. The Morgan fingerprint density at radius 1 is 1.16 bits per heavy atom. The molecule has 0 radical (unpaired) electrons. The van der Waals surface area contributed by atoms with Crippen LogP contribution in [0, 0.1) is 5.41 Å². The van der Waals surface area contributed by atoms with E-state index < -0.39 is 0 Å². The van der Waals surface area contributed by atoms with Crippen LogP contribution in [0.15, 0.2) is 24.3 Å². The van der Waals surface area contributed by atoms with Gasteiger partial charge in [0.05, 0.1) is 11.1 Å². The molecular weight excluding hydrogens is 264 g/mol.